The van der Waals surface area contributed by atoms with Gasteiger partial charge < -0.3 is 5.11 Å². The molecule has 1 heterocycles. The molecule has 2 N–H and O–H groups in total. The van der Waals surface area contributed by atoms with Gasteiger partial charge in [0, 0.05) is 18.3 Å². The highest BCUT2D eigenvalue weighted by Gasteiger charge is 2.46. The number of aliphatic carboxylic acids is 1. The van der Waals surface area contributed by atoms with Gasteiger partial charge in [-0.25, -0.2) is 4.68 Å². The Labute approximate surface area is 121 Å². The number of tetrazole rings is 1. The SMILES string of the molecule is Cn1nnnc1SC1CCCC(NC2CC2)(C(=O)O)C1. The van der Waals surface area contributed by atoms with Gasteiger partial charge >= 0.3 is 5.97 Å². The number of nitrogens with one attached hydrogen (secondary N) is 1. The van der Waals surface area contributed by atoms with Crippen molar-refractivity contribution in [1.29, 1.82) is 0 Å². The van der Waals surface area contributed by atoms with Gasteiger partial charge in [0.25, 0.3) is 0 Å². The Bertz CT molecular complexity index is 504. The van der Waals surface area contributed by atoms with Crippen LogP contribution in [0.15, 0.2) is 5.16 Å². The molecule has 0 aromatic carbocycles. The van der Waals surface area contributed by atoms with Crippen LogP contribution in [0.25, 0.3) is 0 Å². The van der Waals surface area contributed by atoms with Crippen molar-refractivity contribution in [3.63, 3.8) is 0 Å². The number of carboxylic acids is 1. The highest BCUT2D eigenvalue weighted by atomic mass is 32.2. The second kappa shape index (κ2) is 5.33. The molecule has 0 saturated heterocycles. The van der Waals surface area contributed by atoms with Gasteiger partial charge in [-0.2, -0.15) is 0 Å². The van der Waals surface area contributed by atoms with Crippen LogP contribution in [0.4, 0.5) is 0 Å². The molecule has 2 aliphatic rings. The molecule has 2 unspecified atom stereocenters. The van der Waals surface area contributed by atoms with Crippen LogP contribution in [0.5, 0.6) is 0 Å². The van der Waals surface area contributed by atoms with Crippen molar-refractivity contribution >= 4 is 17.7 Å². The molecule has 2 fully saturated rings. The van der Waals surface area contributed by atoms with Gasteiger partial charge in [-0.1, -0.05) is 11.8 Å². The van der Waals surface area contributed by atoms with E-state index in [4.69, 9.17) is 0 Å². The molecule has 8 heteroatoms. The first-order valence-corrected chi connectivity index (χ1v) is 7.87. The molecular weight excluding hydrogens is 278 g/mol. The zero-order valence-corrected chi connectivity index (χ0v) is 12.3. The van der Waals surface area contributed by atoms with Gasteiger partial charge in [-0.3, -0.25) is 10.1 Å². The molecule has 2 atom stereocenters. The summed E-state index contributed by atoms with van der Waals surface area (Å²) in [6, 6.07) is 0.395. The number of carbonyl (C=O) groups is 1. The smallest absolute Gasteiger partial charge is 0.323 e. The molecule has 0 bridgehead atoms. The van der Waals surface area contributed by atoms with Crippen LogP contribution in [-0.4, -0.2) is 48.1 Å². The first-order valence-electron chi connectivity index (χ1n) is 6.99. The van der Waals surface area contributed by atoms with Crippen molar-refractivity contribution in [3.05, 3.63) is 0 Å². The normalized spacial score (nSPS) is 30.4. The van der Waals surface area contributed by atoms with E-state index >= 15 is 0 Å². The van der Waals surface area contributed by atoms with Gasteiger partial charge in [-0.15, -0.1) is 5.10 Å². The maximum Gasteiger partial charge on any atom is 0.323 e. The van der Waals surface area contributed by atoms with Crippen LogP contribution in [-0.2, 0) is 11.8 Å². The van der Waals surface area contributed by atoms with Crippen LogP contribution in [0.1, 0.15) is 38.5 Å². The van der Waals surface area contributed by atoms with Crippen molar-refractivity contribution < 1.29 is 9.90 Å². The summed E-state index contributed by atoms with van der Waals surface area (Å²) in [6.07, 6.45) is 5.48. The van der Waals surface area contributed by atoms with E-state index in [1.807, 2.05) is 0 Å². The Kier molecular flexibility index (Phi) is 3.68. The number of hydrogen-bond donors (Lipinski definition) is 2. The molecule has 20 heavy (non-hydrogen) atoms. The monoisotopic (exact) mass is 297 g/mol. The third-order valence-electron chi connectivity index (χ3n) is 4.03. The Morgan fingerprint density at radius 2 is 2.30 bits per heavy atom. The lowest BCUT2D eigenvalue weighted by atomic mass is 9.81. The first-order chi connectivity index (χ1) is 9.59. The Morgan fingerprint density at radius 1 is 1.50 bits per heavy atom. The van der Waals surface area contributed by atoms with Gasteiger partial charge in [-0.05, 0) is 49.0 Å². The fourth-order valence-corrected chi connectivity index (χ4v) is 4.02. The van der Waals surface area contributed by atoms with Gasteiger partial charge in [0.2, 0.25) is 5.16 Å². The molecule has 2 aliphatic carbocycles. The molecule has 7 nitrogen and oxygen atoms in total. The van der Waals surface area contributed by atoms with Crippen LogP contribution >= 0.6 is 11.8 Å². The lowest BCUT2D eigenvalue weighted by molar-refractivity contribution is -0.146. The van der Waals surface area contributed by atoms with E-state index in [9.17, 15) is 9.90 Å². The minimum Gasteiger partial charge on any atom is -0.480 e. The average molecular weight is 297 g/mol. The molecule has 0 radical (unpaired) electrons. The molecule has 1 aromatic heterocycles. The summed E-state index contributed by atoms with van der Waals surface area (Å²) in [6.45, 7) is 0. The van der Waals surface area contributed by atoms with E-state index in [-0.39, 0.29) is 5.25 Å². The molecule has 3 rings (SSSR count). The maximum absolute atomic E-state index is 11.7. The Morgan fingerprint density at radius 3 is 2.90 bits per heavy atom. The molecule has 2 saturated carbocycles. The molecule has 110 valence electrons. The summed E-state index contributed by atoms with van der Waals surface area (Å²) in [5.74, 6) is -0.717. The van der Waals surface area contributed by atoms with Gasteiger partial charge in [0.15, 0.2) is 0 Å². The van der Waals surface area contributed by atoms with Crippen molar-refractivity contribution in [2.45, 2.75) is 60.5 Å². The minimum atomic E-state index is -0.761. The van der Waals surface area contributed by atoms with Crippen LogP contribution in [0.2, 0.25) is 0 Å². The topological polar surface area (TPSA) is 92.9 Å². The number of carboxylic acid groups (broad SMARTS) is 1. The van der Waals surface area contributed by atoms with Gasteiger partial charge in [0.05, 0.1) is 0 Å². The maximum atomic E-state index is 11.7. The highest BCUT2D eigenvalue weighted by molar-refractivity contribution is 7.99. The lowest BCUT2D eigenvalue weighted by Gasteiger charge is -2.38. The van der Waals surface area contributed by atoms with Crippen molar-refractivity contribution in [2.75, 3.05) is 0 Å². The third kappa shape index (κ3) is 2.80. The van der Waals surface area contributed by atoms with E-state index in [1.54, 1.807) is 23.5 Å². The number of aromatic nitrogens is 4. The highest BCUT2D eigenvalue weighted by Crippen LogP contribution is 2.39. The van der Waals surface area contributed by atoms with Gasteiger partial charge in [0.1, 0.15) is 5.54 Å². The van der Waals surface area contributed by atoms with Crippen LogP contribution in [0, 0.1) is 0 Å². The standard InChI is InChI=1S/C12H19N5O2S/c1-17-11(14-15-16-17)20-9-3-2-6-12(7-9,10(18)19)13-8-4-5-8/h8-9,13H,2-7H2,1H3,(H,18,19). The lowest BCUT2D eigenvalue weighted by Crippen LogP contribution is -2.56. The van der Waals surface area contributed by atoms with E-state index in [0.29, 0.717) is 18.9 Å². The first kappa shape index (κ1) is 13.8. The van der Waals surface area contributed by atoms with Crippen molar-refractivity contribution in [3.8, 4) is 0 Å². The zero-order chi connectivity index (χ0) is 14.2. The Hall–Kier alpha value is -1.15. The summed E-state index contributed by atoms with van der Waals surface area (Å²) >= 11 is 1.59. The van der Waals surface area contributed by atoms with Crippen LogP contribution in [0.3, 0.4) is 0 Å². The van der Waals surface area contributed by atoms with E-state index in [0.717, 1.165) is 30.8 Å². The molecule has 0 amide bonds. The number of aryl methyl sites for hydroxylation is 1. The number of nitrogens with zero attached hydrogens (tertiary/aromatic N) is 4. The second-order valence-electron chi connectivity index (χ2n) is 5.73. The number of hydrogen-bond acceptors (Lipinski definition) is 6. The number of thioether (sulfide) groups is 1. The molecular formula is C12H19N5O2S. The summed E-state index contributed by atoms with van der Waals surface area (Å²) in [4.78, 5) is 11.7. The molecule has 1 aromatic rings. The second-order valence-corrected chi connectivity index (χ2v) is 6.99. The summed E-state index contributed by atoms with van der Waals surface area (Å²) in [7, 11) is 1.80. The third-order valence-corrected chi connectivity index (χ3v) is 5.32. The van der Waals surface area contributed by atoms with E-state index in [1.165, 1.54) is 0 Å². The fraction of sp³-hybridized carbons (Fsp3) is 0.833. The van der Waals surface area contributed by atoms with Crippen molar-refractivity contribution in [2.24, 2.45) is 7.05 Å². The summed E-state index contributed by atoms with van der Waals surface area (Å²) in [5, 5.41) is 25.4. The quantitative estimate of drug-likeness (QED) is 0.831. The van der Waals surface area contributed by atoms with E-state index in [2.05, 4.69) is 20.8 Å². The van der Waals surface area contributed by atoms with E-state index < -0.39 is 11.5 Å². The molecule has 0 spiro atoms. The number of rotatable bonds is 5. The van der Waals surface area contributed by atoms with Crippen LogP contribution < -0.4 is 5.32 Å². The largest absolute Gasteiger partial charge is 0.480 e. The minimum absolute atomic E-state index is 0.246. The predicted molar refractivity (Wildman–Crippen MR) is 73.4 cm³/mol. The Balaban J connectivity index is 1.70. The van der Waals surface area contributed by atoms with Crippen molar-refractivity contribution in [1.82, 2.24) is 25.5 Å². The predicted octanol–water partition coefficient (Wildman–Crippen LogP) is 0.820. The zero-order valence-electron chi connectivity index (χ0n) is 11.4. The summed E-state index contributed by atoms with van der Waals surface area (Å²) in [5.41, 5.74) is -0.761. The molecule has 0 aliphatic heterocycles. The average Bonchev–Trinajstić information content (AvgIpc) is 3.13. The summed E-state index contributed by atoms with van der Waals surface area (Å²) < 4.78 is 1.63. The fourth-order valence-electron chi connectivity index (χ4n) is 2.80.